The predicted molar refractivity (Wildman–Crippen MR) is 63.9 cm³/mol. The van der Waals surface area contributed by atoms with Crippen LogP contribution in [0.5, 0.6) is 0 Å². The monoisotopic (exact) mass is 217 g/mol. The number of halogens is 1. The Morgan fingerprint density at radius 3 is 2.81 bits per heavy atom. The van der Waals surface area contributed by atoms with Gasteiger partial charge >= 0.3 is 0 Å². The van der Waals surface area contributed by atoms with Gasteiger partial charge in [-0.15, -0.1) is 0 Å². The molecule has 0 amide bonds. The van der Waals surface area contributed by atoms with Crippen LogP contribution in [-0.2, 0) is 6.54 Å². The van der Waals surface area contributed by atoms with Crippen LogP contribution in [0.4, 0.5) is 4.39 Å². The fraction of sp³-hybridized carbons (Fsp3) is 0.429. The largest absolute Gasteiger partial charge is 0.347 e. The number of aromatic nitrogens is 1. The van der Waals surface area contributed by atoms with E-state index in [0.29, 0.717) is 0 Å². The van der Waals surface area contributed by atoms with Crippen molar-refractivity contribution in [3.05, 3.63) is 36.3 Å². The van der Waals surface area contributed by atoms with Gasteiger partial charge in [-0.25, -0.2) is 4.39 Å². The predicted octanol–water partition coefficient (Wildman–Crippen LogP) is 3.97. The third-order valence-corrected chi connectivity index (χ3v) is 3.67. The molecular weight excluding hydrogens is 201 g/mol. The van der Waals surface area contributed by atoms with Gasteiger partial charge in [0, 0.05) is 12.7 Å². The molecule has 0 spiro atoms. The quantitative estimate of drug-likeness (QED) is 0.717. The van der Waals surface area contributed by atoms with Gasteiger partial charge in [-0.2, -0.15) is 0 Å². The lowest BCUT2D eigenvalue weighted by molar-refractivity contribution is 0.465. The Balaban J connectivity index is 1.93. The summed E-state index contributed by atoms with van der Waals surface area (Å²) in [4.78, 5) is 0. The Hall–Kier alpha value is -1.31. The number of hydrogen-bond acceptors (Lipinski definition) is 0. The van der Waals surface area contributed by atoms with Gasteiger partial charge in [0.05, 0.1) is 5.52 Å². The molecule has 2 heteroatoms. The van der Waals surface area contributed by atoms with Gasteiger partial charge in [-0.05, 0) is 48.4 Å². The highest BCUT2D eigenvalue weighted by Gasteiger charge is 2.16. The molecule has 1 heterocycles. The van der Waals surface area contributed by atoms with E-state index < -0.39 is 0 Å². The van der Waals surface area contributed by atoms with Crippen molar-refractivity contribution in [2.45, 2.75) is 32.2 Å². The first kappa shape index (κ1) is 9.88. The molecule has 16 heavy (non-hydrogen) atoms. The number of fused-ring (bicyclic) bond motifs is 1. The molecule has 1 fully saturated rings. The second-order valence-electron chi connectivity index (χ2n) is 4.82. The third-order valence-electron chi connectivity index (χ3n) is 3.67. The maximum Gasteiger partial charge on any atom is 0.125 e. The van der Waals surface area contributed by atoms with Crippen LogP contribution in [0.3, 0.4) is 0 Å². The Kier molecular flexibility index (Phi) is 2.43. The maximum atomic E-state index is 13.2. The van der Waals surface area contributed by atoms with Gasteiger partial charge in [0.25, 0.3) is 0 Å². The van der Waals surface area contributed by atoms with E-state index in [1.54, 1.807) is 6.07 Å². The molecule has 3 rings (SSSR count). The Morgan fingerprint density at radius 2 is 2.00 bits per heavy atom. The fourth-order valence-electron chi connectivity index (χ4n) is 2.79. The molecule has 1 aliphatic rings. The minimum absolute atomic E-state index is 0.140. The lowest BCUT2D eigenvalue weighted by Gasteiger charge is -2.11. The summed E-state index contributed by atoms with van der Waals surface area (Å²) in [7, 11) is 0. The van der Waals surface area contributed by atoms with Crippen LogP contribution in [0.25, 0.3) is 10.9 Å². The van der Waals surface area contributed by atoms with E-state index in [1.165, 1.54) is 31.7 Å². The molecule has 0 aliphatic heterocycles. The van der Waals surface area contributed by atoms with E-state index in [-0.39, 0.29) is 5.82 Å². The van der Waals surface area contributed by atoms with Crippen LogP contribution in [0.2, 0.25) is 0 Å². The number of hydrogen-bond donors (Lipinski definition) is 0. The van der Waals surface area contributed by atoms with Crippen LogP contribution >= 0.6 is 0 Å². The molecule has 0 N–H and O–H groups in total. The lowest BCUT2D eigenvalue weighted by Crippen LogP contribution is -2.05. The van der Waals surface area contributed by atoms with Gasteiger partial charge in [-0.1, -0.05) is 12.8 Å². The molecule has 0 bridgehead atoms. The smallest absolute Gasteiger partial charge is 0.125 e. The second kappa shape index (κ2) is 3.93. The number of nitrogens with zero attached hydrogens (tertiary/aromatic N) is 1. The fourth-order valence-corrected chi connectivity index (χ4v) is 2.79. The van der Waals surface area contributed by atoms with Crippen molar-refractivity contribution in [3.63, 3.8) is 0 Å². The molecule has 1 saturated carbocycles. The Labute approximate surface area is 94.9 Å². The first-order valence-electron chi connectivity index (χ1n) is 6.07. The summed E-state index contributed by atoms with van der Waals surface area (Å²) in [5.41, 5.74) is 1.03. The molecule has 84 valence electrons. The number of rotatable bonds is 2. The number of benzene rings is 1. The summed E-state index contributed by atoms with van der Waals surface area (Å²) < 4.78 is 15.4. The van der Waals surface area contributed by atoms with Crippen molar-refractivity contribution < 1.29 is 4.39 Å². The summed E-state index contributed by atoms with van der Waals surface area (Å²) in [6, 6.07) is 7.10. The zero-order valence-electron chi connectivity index (χ0n) is 9.32. The van der Waals surface area contributed by atoms with E-state index in [1.807, 2.05) is 6.07 Å². The van der Waals surface area contributed by atoms with Crippen molar-refractivity contribution >= 4 is 10.9 Å². The van der Waals surface area contributed by atoms with E-state index in [0.717, 1.165) is 23.4 Å². The first-order chi connectivity index (χ1) is 7.83. The van der Waals surface area contributed by atoms with Gasteiger partial charge in [0.15, 0.2) is 0 Å². The highest BCUT2D eigenvalue weighted by Crippen LogP contribution is 2.28. The summed E-state index contributed by atoms with van der Waals surface area (Å²) in [6.45, 7) is 1.05. The summed E-state index contributed by atoms with van der Waals surface area (Å²) in [6.07, 6.45) is 7.46. The van der Waals surface area contributed by atoms with Crippen LogP contribution in [0.15, 0.2) is 30.5 Å². The van der Waals surface area contributed by atoms with Crippen molar-refractivity contribution in [2.24, 2.45) is 5.92 Å². The van der Waals surface area contributed by atoms with Gasteiger partial charge < -0.3 is 4.57 Å². The molecule has 1 nitrogen and oxygen atoms in total. The van der Waals surface area contributed by atoms with Gasteiger partial charge in [0.2, 0.25) is 0 Å². The van der Waals surface area contributed by atoms with Crippen molar-refractivity contribution in [2.75, 3.05) is 0 Å². The van der Waals surface area contributed by atoms with Crippen molar-refractivity contribution in [3.8, 4) is 0 Å². The molecule has 0 radical (unpaired) electrons. The molecule has 1 aromatic heterocycles. The summed E-state index contributed by atoms with van der Waals surface area (Å²) in [5.74, 6) is 0.651. The Bertz CT molecular complexity index is 494. The standard InChI is InChI=1S/C14H16FN/c15-13-6-5-12-7-8-16(14(12)9-13)10-11-3-1-2-4-11/h5-9,11H,1-4,10H2. The summed E-state index contributed by atoms with van der Waals surface area (Å²) in [5, 5.41) is 1.14. The normalized spacial score (nSPS) is 17.3. The zero-order valence-corrected chi connectivity index (χ0v) is 9.32. The van der Waals surface area contributed by atoms with Crippen LogP contribution in [-0.4, -0.2) is 4.57 Å². The average molecular weight is 217 g/mol. The van der Waals surface area contributed by atoms with E-state index >= 15 is 0 Å². The zero-order chi connectivity index (χ0) is 11.0. The Morgan fingerprint density at radius 1 is 1.19 bits per heavy atom. The molecule has 1 aromatic carbocycles. The highest BCUT2D eigenvalue weighted by molar-refractivity contribution is 5.80. The van der Waals surface area contributed by atoms with Gasteiger partial charge in [-0.3, -0.25) is 0 Å². The topological polar surface area (TPSA) is 4.93 Å². The van der Waals surface area contributed by atoms with E-state index in [2.05, 4.69) is 16.8 Å². The third kappa shape index (κ3) is 1.73. The highest BCUT2D eigenvalue weighted by atomic mass is 19.1. The van der Waals surface area contributed by atoms with Crippen molar-refractivity contribution in [1.82, 2.24) is 4.57 Å². The van der Waals surface area contributed by atoms with E-state index in [4.69, 9.17) is 0 Å². The summed E-state index contributed by atoms with van der Waals surface area (Å²) >= 11 is 0. The van der Waals surface area contributed by atoms with Crippen molar-refractivity contribution in [1.29, 1.82) is 0 Å². The molecule has 1 aliphatic carbocycles. The molecule has 0 saturated heterocycles. The average Bonchev–Trinajstić information content (AvgIpc) is 2.90. The maximum absolute atomic E-state index is 13.2. The molecule has 0 unspecified atom stereocenters. The minimum atomic E-state index is -0.140. The van der Waals surface area contributed by atoms with E-state index in [9.17, 15) is 4.39 Å². The van der Waals surface area contributed by atoms with Crippen LogP contribution in [0, 0.1) is 11.7 Å². The first-order valence-corrected chi connectivity index (χ1v) is 6.07. The molecule has 2 aromatic rings. The molecular formula is C14H16FN. The van der Waals surface area contributed by atoms with Crippen LogP contribution < -0.4 is 0 Å². The van der Waals surface area contributed by atoms with Gasteiger partial charge in [0.1, 0.15) is 5.82 Å². The second-order valence-corrected chi connectivity index (χ2v) is 4.82. The SMILES string of the molecule is Fc1ccc2ccn(CC3CCCC3)c2c1. The lowest BCUT2D eigenvalue weighted by atomic mass is 10.1. The molecule has 0 atom stereocenters. The van der Waals surface area contributed by atoms with Crippen LogP contribution in [0.1, 0.15) is 25.7 Å². The minimum Gasteiger partial charge on any atom is -0.347 e.